The van der Waals surface area contributed by atoms with Crippen LogP contribution in [0, 0.1) is 10.8 Å². The third kappa shape index (κ3) is 2.71. The van der Waals surface area contributed by atoms with Crippen LogP contribution < -0.4 is 0 Å². The molecule has 0 aromatic rings. The second kappa shape index (κ2) is 4.12. The molecule has 0 aromatic heterocycles. The molecule has 0 spiro atoms. The van der Waals surface area contributed by atoms with Crippen LogP contribution >= 0.6 is 0 Å². The molecule has 0 saturated carbocycles. The van der Waals surface area contributed by atoms with Crippen LogP contribution in [0.15, 0.2) is 0 Å². The Hall–Kier alpha value is -0.570. The van der Waals surface area contributed by atoms with Crippen molar-refractivity contribution in [3.8, 4) is 0 Å². The van der Waals surface area contributed by atoms with E-state index in [-0.39, 0.29) is 17.5 Å². The normalized spacial score (nSPS) is 24.5. The fraction of sp³-hybridized carbons (Fsp3) is 0.917. The molecule has 1 saturated heterocycles. The molecular weight excluding hydrogens is 192 g/mol. The van der Waals surface area contributed by atoms with Gasteiger partial charge in [0.05, 0.1) is 12.0 Å². The van der Waals surface area contributed by atoms with E-state index in [9.17, 15) is 4.79 Å². The maximum Gasteiger partial charge on any atom is 0.312 e. The van der Waals surface area contributed by atoms with Crippen LogP contribution in [0.5, 0.6) is 0 Å². The first kappa shape index (κ1) is 12.5. The van der Waals surface area contributed by atoms with Crippen LogP contribution in [0.1, 0.15) is 41.0 Å². The first-order chi connectivity index (χ1) is 6.81. The minimum atomic E-state index is -0.415. The zero-order valence-corrected chi connectivity index (χ0v) is 10.4. The summed E-state index contributed by atoms with van der Waals surface area (Å²) in [4.78, 5) is 12.0. The smallest absolute Gasteiger partial charge is 0.312 e. The maximum atomic E-state index is 12.0. The zero-order chi connectivity index (χ0) is 11.7. The number of carbonyl (C=O) groups excluding carboxylic acids is 1. The highest BCUT2D eigenvalue weighted by Crippen LogP contribution is 2.42. The number of esters is 1. The molecule has 15 heavy (non-hydrogen) atoms. The first-order valence-corrected chi connectivity index (χ1v) is 5.60. The van der Waals surface area contributed by atoms with E-state index in [0.29, 0.717) is 6.61 Å². The molecule has 0 aromatic carbocycles. The average Bonchev–Trinajstić information content (AvgIpc) is 2.94. The highest BCUT2D eigenvalue weighted by molar-refractivity contribution is 5.77. The lowest BCUT2D eigenvalue weighted by molar-refractivity contribution is -0.162. The van der Waals surface area contributed by atoms with Crippen LogP contribution in [0.4, 0.5) is 0 Å². The van der Waals surface area contributed by atoms with Gasteiger partial charge in [0.15, 0.2) is 0 Å². The van der Waals surface area contributed by atoms with Crippen molar-refractivity contribution in [1.29, 1.82) is 0 Å². The van der Waals surface area contributed by atoms with Crippen LogP contribution in [-0.2, 0) is 14.3 Å². The van der Waals surface area contributed by atoms with E-state index in [2.05, 4.69) is 20.8 Å². The average molecular weight is 214 g/mol. The molecule has 0 radical (unpaired) electrons. The quantitative estimate of drug-likeness (QED) is 0.533. The standard InChI is InChI=1S/C12H22O3/c1-6-12(5,11(2,3)4)10(13)15-8-9-7-14-9/h9H,6-8H2,1-5H3. The van der Waals surface area contributed by atoms with E-state index in [1.54, 1.807) is 0 Å². The largest absolute Gasteiger partial charge is 0.462 e. The molecule has 2 atom stereocenters. The summed E-state index contributed by atoms with van der Waals surface area (Å²) in [5.41, 5.74) is -0.495. The number of carbonyl (C=O) groups is 1. The Bertz CT molecular complexity index is 238. The van der Waals surface area contributed by atoms with Crippen molar-refractivity contribution in [1.82, 2.24) is 0 Å². The summed E-state index contributed by atoms with van der Waals surface area (Å²) in [6.45, 7) is 11.4. The van der Waals surface area contributed by atoms with Crippen molar-refractivity contribution in [2.45, 2.75) is 47.1 Å². The van der Waals surface area contributed by atoms with Crippen molar-refractivity contribution >= 4 is 5.97 Å². The molecule has 2 unspecified atom stereocenters. The number of hydrogen-bond donors (Lipinski definition) is 0. The van der Waals surface area contributed by atoms with E-state index in [4.69, 9.17) is 9.47 Å². The Morgan fingerprint density at radius 1 is 1.40 bits per heavy atom. The van der Waals surface area contributed by atoms with E-state index in [1.807, 2.05) is 13.8 Å². The van der Waals surface area contributed by atoms with Gasteiger partial charge in [-0.05, 0) is 18.8 Å². The summed E-state index contributed by atoms with van der Waals surface area (Å²) >= 11 is 0. The highest BCUT2D eigenvalue weighted by Gasteiger charge is 2.44. The molecule has 1 fully saturated rings. The van der Waals surface area contributed by atoms with Gasteiger partial charge in [-0.2, -0.15) is 0 Å². The molecule has 1 rings (SSSR count). The van der Waals surface area contributed by atoms with E-state index in [0.717, 1.165) is 13.0 Å². The highest BCUT2D eigenvalue weighted by atomic mass is 16.6. The predicted molar refractivity (Wildman–Crippen MR) is 58.6 cm³/mol. The van der Waals surface area contributed by atoms with Gasteiger partial charge < -0.3 is 9.47 Å². The Balaban J connectivity index is 2.58. The number of rotatable bonds is 4. The predicted octanol–water partition coefficient (Wildman–Crippen LogP) is 2.39. The third-order valence-corrected chi connectivity index (χ3v) is 3.62. The van der Waals surface area contributed by atoms with Gasteiger partial charge >= 0.3 is 5.97 Å². The van der Waals surface area contributed by atoms with Gasteiger partial charge in [0.25, 0.3) is 0 Å². The summed E-state index contributed by atoms with van der Waals surface area (Å²) in [5, 5.41) is 0. The topological polar surface area (TPSA) is 38.8 Å². The Morgan fingerprint density at radius 2 is 1.93 bits per heavy atom. The molecule has 88 valence electrons. The van der Waals surface area contributed by atoms with Crippen molar-refractivity contribution in [2.24, 2.45) is 10.8 Å². The van der Waals surface area contributed by atoms with Crippen molar-refractivity contribution in [2.75, 3.05) is 13.2 Å². The van der Waals surface area contributed by atoms with Crippen LogP contribution in [0.2, 0.25) is 0 Å². The molecule has 1 aliphatic heterocycles. The summed E-state index contributed by atoms with van der Waals surface area (Å²) in [6.07, 6.45) is 0.941. The van der Waals surface area contributed by atoms with Gasteiger partial charge in [-0.3, -0.25) is 4.79 Å². The SMILES string of the molecule is CCC(C)(C(=O)OCC1CO1)C(C)(C)C. The molecule has 3 heteroatoms. The summed E-state index contributed by atoms with van der Waals surface area (Å²) < 4.78 is 10.3. The van der Waals surface area contributed by atoms with Gasteiger partial charge in [-0.15, -0.1) is 0 Å². The number of ether oxygens (including phenoxy) is 2. The third-order valence-electron chi connectivity index (χ3n) is 3.62. The van der Waals surface area contributed by atoms with Gasteiger partial charge in [0.1, 0.15) is 12.7 Å². The second-order valence-corrected chi connectivity index (χ2v) is 5.49. The van der Waals surface area contributed by atoms with E-state index in [1.165, 1.54) is 0 Å². The summed E-state index contributed by atoms with van der Waals surface area (Å²) in [6, 6.07) is 0. The minimum absolute atomic E-state index is 0.0801. The van der Waals surface area contributed by atoms with Crippen molar-refractivity contribution in [3.05, 3.63) is 0 Å². The van der Waals surface area contributed by atoms with Crippen LogP contribution in [0.3, 0.4) is 0 Å². The molecule has 1 heterocycles. The molecule has 3 nitrogen and oxygen atoms in total. The van der Waals surface area contributed by atoms with Crippen LogP contribution in [0.25, 0.3) is 0 Å². The molecule has 0 amide bonds. The van der Waals surface area contributed by atoms with Crippen molar-refractivity contribution in [3.63, 3.8) is 0 Å². The summed E-state index contributed by atoms with van der Waals surface area (Å²) in [7, 11) is 0. The lowest BCUT2D eigenvalue weighted by atomic mass is 9.66. The van der Waals surface area contributed by atoms with E-state index < -0.39 is 5.41 Å². The number of hydrogen-bond acceptors (Lipinski definition) is 3. The molecular formula is C12H22O3. The fourth-order valence-electron chi connectivity index (χ4n) is 1.47. The Labute approximate surface area is 92.1 Å². The minimum Gasteiger partial charge on any atom is -0.462 e. The van der Waals surface area contributed by atoms with Gasteiger partial charge in [0.2, 0.25) is 0 Å². The van der Waals surface area contributed by atoms with Gasteiger partial charge in [-0.1, -0.05) is 27.7 Å². The Morgan fingerprint density at radius 3 is 2.27 bits per heavy atom. The van der Waals surface area contributed by atoms with E-state index >= 15 is 0 Å². The lowest BCUT2D eigenvalue weighted by Crippen LogP contribution is -2.41. The Kier molecular flexibility index (Phi) is 3.44. The molecule has 1 aliphatic rings. The lowest BCUT2D eigenvalue weighted by Gasteiger charge is -2.38. The zero-order valence-electron chi connectivity index (χ0n) is 10.4. The fourth-order valence-corrected chi connectivity index (χ4v) is 1.47. The molecule has 0 aliphatic carbocycles. The number of epoxide rings is 1. The van der Waals surface area contributed by atoms with Crippen molar-refractivity contribution < 1.29 is 14.3 Å². The molecule has 0 N–H and O–H groups in total. The monoisotopic (exact) mass is 214 g/mol. The molecule has 0 bridgehead atoms. The second-order valence-electron chi connectivity index (χ2n) is 5.49. The van der Waals surface area contributed by atoms with Gasteiger partial charge in [-0.25, -0.2) is 0 Å². The summed E-state index contributed by atoms with van der Waals surface area (Å²) in [5.74, 6) is -0.104. The van der Waals surface area contributed by atoms with Crippen LogP contribution in [-0.4, -0.2) is 25.3 Å². The first-order valence-electron chi connectivity index (χ1n) is 5.60. The van der Waals surface area contributed by atoms with Gasteiger partial charge in [0, 0.05) is 0 Å². The maximum absolute atomic E-state index is 12.0.